The molecule has 2 atom stereocenters. The molecule has 9 heteroatoms. The lowest BCUT2D eigenvalue weighted by molar-refractivity contribution is -0.137. The monoisotopic (exact) mass is 520 g/mol. The molecule has 5 nitrogen and oxygen atoms in total. The molecule has 1 fully saturated rings. The zero-order chi connectivity index (χ0) is 27.1. The number of methoxy groups -OCH3 is 1. The van der Waals surface area contributed by atoms with Gasteiger partial charge in [-0.05, 0) is 73.2 Å². The molecular formula is C28H32F4N2O3. The molecule has 0 aliphatic carbocycles. The van der Waals surface area contributed by atoms with Gasteiger partial charge in [-0.1, -0.05) is 25.5 Å². The molecule has 2 aromatic rings. The Bertz CT molecular complexity index is 1220. The number of nitrogens with zero attached hydrogens (tertiary/aromatic N) is 1. The van der Waals surface area contributed by atoms with Crippen LogP contribution >= 0.6 is 0 Å². The first-order chi connectivity index (χ1) is 17.4. The number of benzene rings is 2. The minimum absolute atomic E-state index is 0.0271. The molecule has 0 unspecified atom stereocenters. The quantitative estimate of drug-likeness (QED) is 0.436. The van der Waals surface area contributed by atoms with Crippen LogP contribution in [-0.2, 0) is 10.9 Å². The maximum absolute atomic E-state index is 14.6. The minimum Gasteiger partial charge on any atom is -0.496 e. The normalized spacial score (nSPS) is 20.6. The van der Waals surface area contributed by atoms with Crippen molar-refractivity contribution >= 4 is 11.7 Å². The van der Waals surface area contributed by atoms with Crippen molar-refractivity contribution in [1.82, 2.24) is 10.2 Å². The number of aryl methyl sites for hydroxylation is 1. The van der Waals surface area contributed by atoms with Gasteiger partial charge in [-0.2, -0.15) is 13.2 Å². The SMILES string of the molecule is COc1cc(F)c(C(C)C)cc1C1=C(CN2C(=O)O[C@H](c3cc(C)cc(C(F)(F)F)c3)[C@@H]2C)CNCC1. The highest BCUT2D eigenvalue weighted by Gasteiger charge is 2.41. The molecule has 0 radical (unpaired) electrons. The van der Waals surface area contributed by atoms with Crippen LogP contribution in [0.25, 0.3) is 5.57 Å². The van der Waals surface area contributed by atoms with Crippen molar-refractivity contribution in [2.75, 3.05) is 26.7 Å². The highest BCUT2D eigenvalue weighted by atomic mass is 19.4. The highest BCUT2D eigenvalue weighted by molar-refractivity contribution is 5.77. The molecule has 2 aliphatic heterocycles. The van der Waals surface area contributed by atoms with Crippen LogP contribution in [0.15, 0.2) is 35.9 Å². The summed E-state index contributed by atoms with van der Waals surface area (Å²) >= 11 is 0. The first-order valence-corrected chi connectivity index (χ1v) is 12.4. The molecule has 2 aromatic carbocycles. The number of hydrogen-bond acceptors (Lipinski definition) is 4. The summed E-state index contributed by atoms with van der Waals surface area (Å²) < 4.78 is 65.9. The summed E-state index contributed by atoms with van der Waals surface area (Å²) in [6.45, 7) is 8.66. The third-order valence-electron chi connectivity index (χ3n) is 7.09. The third kappa shape index (κ3) is 5.46. The summed E-state index contributed by atoms with van der Waals surface area (Å²) in [6.07, 6.45) is -5.26. The van der Waals surface area contributed by atoms with E-state index in [4.69, 9.17) is 9.47 Å². The van der Waals surface area contributed by atoms with Crippen molar-refractivity contribution < 1.29 is 31.8 Å². The van der Waals surface area contributed by atoms with Crippen LogP contribution in [-0.4, -0.2) is 43.8 Å². The largest absolute Gasteiger partial charge is 0.496 e. The predicted molar refractivity (Wildman–Crippen MR) is 133 cm³/mol. The van der Waals surface area contributed by atoms with E-state index in [0.717, 1.165) is 28.8 Å². The summed E-state index contributed by atoms with van der Waals surface area (Å²) in [6, 6.07) is 6.48. The Morgan fingerprint density at radius 3 is 2.57 bits per heavy atom. The Balaban J connectivity index is 1.69. The van der Waals surface area contributed by atoms with Crippen molar-refractivity contribution in [2.45, 2.75) is 58.4 Å². The number of rotatable bonds is 6. The van der Waals surface area contributed by atoms with Crippen LogP contribution in [0.2, 0.25) is 0 Å². The Morgan fingerprint density at radius 1 is 1.19 bits per heavy atom. The molecule has 1 saturated heterocycles. The molecule has 0 bridgehead atoms. The second kappa shape index (κ2) is 10.4. The van der Waals surface area contributed by atoms with Crippen LogP contribution in [0.1, 0.15) is 67.0 Å². The van der Waals surface area contributed by atoms with Crippen molar-refractivity contribution in [2.24, 2.45) is 0 Å². The van der Waals surface area contributed by atoms with Crippen molar-refractivity contribution in [1.29, 1.82) is 0 Å². The molecule has 200 valence electrons. The van der Waals surface area contributed by atoms with Crippen molar-refractivity contribution in [3.05, 3.63) is 69.5 Å². The standard InChI is InChI=1S/C28H32F4N2O3/c1-15(2)22-11-23(25(36-5)12-24(22)29)21-6-7-33-13-19(21)14-34-17(4)26(37-27(34)35)18-8-16(3)9-20(10-18)28(30,31)32/h8-12,15,17,26,33H,6-7,13-14H2,1-5H3/t17-,26-/m0/s1. The van der Waals surface area contributed by atoms with E-state index in [1.807, 2.05) is 19.9 Å². The van der Waals surface area contributed by atoms with E-state index in [0.29, 0.717) is 42.0 Å². The summed E-state index contributed by atoms with van der Waals surface area (Å²) in [5, 5.41) is 3.32. The fourth-order valence-electron chi connectivity index (χ4n) is 5.14. The van der Waals surface area contributed by atoms with Crippen LogP contribution in [0.5, 0.6) is 5.75 Å². The van der Waals surface area contributed by atoms with Crippen LogP contribution in [0.3, 0.4) is 0 Å². The number of nitrogens with one attached hydrogen (secondary N) is 1. The van der Waals surface area contributed by atoms with Crippen molar-refractivity contribution in [3.8, 4) is 5.75 Å². The van der Waals surface area contributed by atoms with E-state index in [2.05, 4.69) is 5.32 Å². The second-order valence-electron chi connectivity index (χ2n) is 10.0. The van der Waals surface area contributed by atoms with Gasteiger partial charge in [0.05, 0.1) is 18.7 Å². The van der Waals surface area contributed by atoms with E-state index >= 15 is 0 Å². The fourth-order valence-corrected chi connectivity index (χ4v) is 5.14. The highest BCUT2D eigenvalue weighted by Crippen LogP contribution is 2.39. The molecule has 0 aromatic heterocycles. The van der Waals surface area contributed by atoms with Gasteiger partial charge in [0.25, 0.3) is 0 Å². The maximum atomic E-state index is 14.6. The lowest BCUT2D eigenvalue weighted by Crippen LogP contribution is -2.37. The number of alkyl halides is 3. The first kappa shape index (κ1) is 27.0. The van der Waals surface area contributed by atoms with Gasteiger partial charge in [-0.15, -0.1) is 0 Å². The van der Waals surface area contributed by atoms with Gasteiger partial charge in [0, 0.05) is 24.7 Å². The molecule has 0 spiro atoms. The number of hydrogen-bond donors (Lipinski definition) is 1. The van der Waals surface area contributed by atoms with E-state index in [1.165, 1.54) is 13.2 Å². The topological polar surface area (TPSA) is 50.8 Å². The number of cyclic esters (lactones) is 1. The minimum atomic E-state index is -4.50. The summed E-state index contributed by atoms with van der Waals surface area (Å²) in [4.78, 5) is 14.5. The molecule has 2 aliphatic rings. The van der Waals surface area contributed by atoms with E-state index in [1.54, 1.807) is 24.8 Å². The lowest BCUT2D eigenvalue weighted by Gasteiger charge is -2.28. The number of carbonyl (C=O) groups excluding carboxylic acids is 1. The van der Waals surface area contributed by atoms with Gasteiger partial charge in [0.1, 0.15) is 17.7 Å². The molecule has 1 amide bonds. The number of halogens is 4. The van der Waals surface area contributed by atoms with Gasteiger partial charge in [0.15, 0.2) is 0 Å². The van der Waals surface area contributed by atoms with E-state index in [9.17, 15) is 22.4 Å². The first-order valence-electron chi connectivity index (χ1n) is 12.4. The number of ether oxygens (including phenoxy) is 2. The Morgan fingerprint density at radius 2 is 1.92 bits per heavy atom. The van der Waals surface area contributed by atoms with Gasteiger partial charge >= 0.3 is 12.3 Å². The van der Waals surface area contributed by atoms with E-state index < -0.39 is 30.0 Å². The summed E-state index contributed by atoms with van der Waals surface area (Å²) in [5.74, 6) is 0.0639. The second-order valence-corrected chi connectivity index (χ2v) is 10.0. The smallest absolute Gasteiger partial charge is 0.416 e. The zero-order valence-electron chi connectivity index (χ0n) is 21.6. The number of carbonyl (C=O) groups is 1. The van der Waals surface area contributed by atoms with Gasteiger partial charge in [-0.25, -0.2) is 9.18 Å². The molecule has 0 saturated carbocycles. The third-order valence-corrected chi connectivity index (χ3v) is 7.09. The zero-order valence-corrected chi connectivity index (χ0v) is 21.6. The Labute approximate surface area is 214 Å². The molecule has 1 N–H and O–H groups in total. The van der Waals surface area contributed by atoms with Crippen LogP contribution in [0.4, 0.5) is 22.4 Å². The number of amides is 1. The average Bonchev–Trinajstić information content (AvgIpc) is 3.11. The predicted octanol–water partition coefficient (Wildman–Crippen LogP) is 6.61. The fraction of sp³-hybridized carbons (Fsp3) is 0.464. The Hall–Kier alpha value is -3.07. The Kier molecular flexibility index (Phi) is 7.55. The molecular weight excluding hydrogens is 488 g/mol. The van der Waals surface area contributed by atoms with Gasteiger partial charge in [-0.3, -0.25) is 4.90 Å². The molecule has 4 rings (SSSR count). The van der Waals surface area contributed by atoms with Crippen LogP contribution < -0.4 is 10.1 Å². The van der Waals surface area contributed by atoms with Gasteiger partial charge in [0.2, 0.25) is 0 Å². The van der Waals surface area contributed by atoms with E-state index in [-0.39, 0.29) is 18.3 Å². The van der Waals surface area contributed by atoms with Crippen molar-refractivity contribution in [3.63, 3.8) is 0 Å². The molecule has 2 heterocycles. The average molecular weight is 521 g/mol. The lowest BCUT2D eigenvalue weighted by atomic mass is 9.89. The molecule has 37 heavy (non-hydrogen) atoms. The summed E-state index contributed by atoms with van der Waals surface area (Å²) in [7, 11) is 1.50. The van der Waals surface area contributed by atoms with Crippen LogP contribution in [0, 0.1) is 12.7 Å². The summed E-state index contributed by atoms with van der Waals surface area (Å²) in [5.41, 5.74) is 3.25. The maximum Gasteiger partial charge on any atom is 0.416 e. The van der Waals surface area contributed by atoms with Gasteiger partial charge < -0.3 is 14.8 Å².